The molecule has 8 nitrogen and oxygen atoms in total. The van der Waals surface area contributed by atoms with E-state index in [1.165, 1.54) is 0 Å². The summed E-state index contributed by atoms with van der Waals surface area (Å²) in [4.78, 5) is 17.7. The van der Waals surface area contributed by atoms with E-state index in [9.17, 15) is 13.2 Å². The highest BCUT2D eigenvalue weighted by atomic mass is 32.2. The monoisotopic (exact) mass is 494 g/mol. The quantitative estimate of drug-likeness (QED) is 0.524. The van der Waals surface area contributed by atoms with Gasteiger partial charge >= 0.3 is 0 Å². The number of methoxy groups -OCH3 is 1. The molecule has 2 aromatic carbocycles. The molecule has 1 amide bonds. The van der Waals surface area contributed by atoms with Crippen molar-refractivity contribution < 1.29 is 17.9 Å². The van der Waals surface area contributed by atoms with Gasteiger partial charge in [0.2, 0.25) is 0 Å². The van der Waals surface area contributed by atoms with Crippen LogP contribution < -0.4 is 4.74 Å². The Morgan fingerprint density at radius 2 is 1.83 bits per heavy atom. The fourth-order valence-corrected chi connectivity index (χ4v) is 6.70. The fraction of sp³-hybridized carbons (Fsp3) is 0.385. The van der Waals surface area contributed by atoms with E-state index in [1.807, 2.05) is 70.4 Å². The maximum absolute atomic E-state index is 13.7. The third-order valence-electron chi connectivity index (χ3n) is 6.85. The van der Waals surface area contributed by atoms with Gasteiger partial charge in [-0.25, -0.2) is 8.42 Å². The second-order valence-electron chi connectivity index (χ2n) is 9.19. The summed E-state index contributed by atoms with van der Waals surface area (Å²) in [7, 11) is -1.31. The number of piperazine rings is 1. The largest absolute Gasteiger partial charge is 0.497 e. The molecule has 3 heterocycles. The van der Waals surface area contributed by atoms with E-state index in [2.05, 4.69) is 4.90 Å². The molecule has 1 aromatic heterocycles. The van der Waals surface area contributed by atoms with Crippen molar-refractivity contribution in [2.75, 3.05) is 44.8 Å². The first kappa shape index (κ1) is 23.6. The van der Waals surface area contributed by atoms with E-state index in [0.717, 1.165) is 11.1 Å². The first-order valence-corrected chi connectivity index (χ1v) is 13.7. The molecule has 5 rings (SSSR count). The molecule has 2 aliphatic heterocycles. The topological polar surface area (TPSA) is 84.7 Å². The van der Waals surface area contributed by atoms with Gasteiger partial charge in [0.25, 0.3) is 5.91 Å². The molecule has 0 bridgehead atoms. The number of hydrogen-bond acceptors (Lipinski definition) is 6. The summed E-state index contributed by atoms with van der Waals surface area (Å²) in [6.45, 7) is 3.06. The lowest BCUT2D eigenvalue weighted by molar-refractivity contribution is 0.0588. The van der Waals surface area contributed by atoms with Gasteiger partial charge < -0.3 is 9.64 Å². The predicted octanol–water partition coefficient (Wildman–Crippen LogP) is 2.55. The average molecular weight is 495 g/mol. The Bertz CT molecular complexity index is 1300. The van der Waals surface area contributed by atoms with Crippen LogP contribution >= 0.6 is 0 Å². The van der Waals surface area contributed by atoms with Crippen molar-refractivity contribution >= 4 is 15.7 Å². The summed E-state index contributed by atoms with van der Waals surface area (Å²) in [6.07, 6.45) is 2.52. The molecule has 3 aromatic rings. The van der Waals surface area contributed by atoms with Crippen LogP contribution in [0.4, 0.5) is 0 Å². The SMILES string of the molecule is COc1cccc(-c2nn(Cc3ccccc3)cc2C(=O)N2CCN(C3CCS(=O)(=O)C3)CC2)c1. The number of rotatable bonds is 6. The second-order valence-corrected chi connectivity index (χ2v) is 11.4. The number of hydrogen-bond donors (Lipinski definition) is 0. The minimum Gasteiger partial charge on any atom is -0.497 e. The predicted molar refractivity (Wildman–Crippen MR) is 134 cm³/mol. The Morgan fingerprint density at radius 3 is 2.51 bits per heavy atom. The summed E-state index contributed by atoms with van der Waals surface area (Å²) in [5.74, 6) is 1.15. The van der Waals surface area contributed by atoms with E-state index < -0.39 is 9.84 Å². The molecular formula is C26H30N4O4S. The Morgan fingerprint density at radius 1 is 1.06 bits per heavy atom. The van der Waals surface area contributed by atoms with E-state index >= 15 is 0 Å². The van der Waals surface area contributed by atoms with E-state index in [0.29, 0.717) is 56.2 Å². The molecule has 0 radical (unpaired) electrons. The highest BCUT2D eigenvalue weighted by Gasteiger charge is 2.35. The molecule has 9 heteroatoms. The molecule has 0 saturated carbocycles. The van der Waals surface area contributed by atoms with Crippen molar-refractivity contribution in [2.24, 2.45) is 0 Å². The minimum atomic E-state index is -2.93. The highest BCUT2D eigenvalue weighted by Crippen LogP contribution is 2.28. The zero-order valence-corrected chi connectivity index (χ0v) is 20.7. The molecular weight excluding hydrogens is 464 g/mol. The summed E-state index contributed by atoms with van der Waals surface area (Å²) in [6, 6.07) is 17.7. The summed E-state index contributed by atoms with van der Waals surface area (Å²) >= 11 is 0. The molecule has 2 saturated heterocycles. The smallest absolute Gasteiger partial charge is 0.257 e. The van der Waals surface area contributed by atoms with Gasteiger partial charge in [0.15, 0.2) is 9.84 Å². The minimum absolute atomic E-state index is 0.0548. The van der Waals surface area contributed by atoms with Crippen molar-refractivity contribution in [1.29, 1.82) is 0 Å². The van der Waals surface area contributed by atoms with Crippen molar-refractivity contribution in [3.8, 4) is 17.0 Å². The third kappa shape index (κ3) is 5.26. The Labute approximate surface area is 206 Å². The third-order valence-corrected chi connectivity index (χ3v) is 8.60. The number of carbonyl (C=O) groups is 1. The lowest BCUT2D eigenvalue weighted by Crippen LogP contribution is -2.52. The average Bonchev–Trinajstić information content (AvgIpc) is 3.47. The number of amides is 1. The zero-order valence-electron chi connectivity index (χ0n) is 19.8. The van der Waals surface area contributed by atoms with Crippen LogP contribution in [0, 0.1) is 0 Å². The Kier molecular flexibility index (Phi) is 6.62. The van der Waals surface area contributed by atoms with E-state index in [4.69, 9.17) is 9.84 Å². The fourth-order valence-electron chi connectivity index (χ4n) is 4.94. The number of benzene rings is 2. The molecule has 1 unspecified atom stereocenters. The van der Waals surface area contributed by atoms with Crippen LogP contribution in [-0.2, 0) is 16.4 Å². The van der Waals surface area contributed by atoms with E-state index in [1.54, 1.807) is 7.11 Å². The standard InChI is InChI=1S/C26H30N4O4S/c1-34-23-9-5-8-21(16-23)25-24(18-30(27-25)17-20-6-3-2-4-7-20)26(31)29-13-11-28(12-14-29)22-10-15-35(32,33)19-22/h2-9,16,18,22H,10-15,17,19H2,1H3. The van der Waals surface area contributed by atoms with E-state index in [-0.39, 0.29) is 23.5 Å². The van der Waals surface area contributed by atoms with Crippen molar-refractivity contribution in [3.05, 3.63) is 71.9 Å². The van der Waals surface area contributed by atoms with Gasteiger partial charge in [-0.05, 0) is 24.1 Å². The number of aromatic nitrogens is 2. The van der Waals surface area contributed by atoms with Crippen LogP contribution in [-0.4, -0.2) is 84.7 Å². The van der Waals surface area contributed by atoms with Crippen LogP contribution in [0.2, 0.25) is 0 Å². The lowest BCUT2D eigenvalue weighted by atomic mass is 10.1. The van der Waals surface area contributed by atoms with Gasteiger partial charge in [0.05, 0.1) is 30.7 Å². The molecule has 2 fully saturated rings. The van der Waals surface area contributed by atoms with Gasteiger partial charge in [-0.15, -0.1) is 0 Å². The lowest BCUT2D eigenvalue weighted by Gasteiger charge is -2.37. The van der Waals surface area contributed by atoms with Crippen LogP contribution in [0.3, 0.4) is 0 Å². The maximum Gasteiger partial charge on any atom is 0.257 e. The van der Waals surface area contributed by atoms with Crippen LogP contribution in [0.25, 0.3) is 11.3 Å². The molecule has 1 atom stereocenters. The molecule has 184 valence electrons. The van der Waals surface area contributed by atoms with Gasteiger partial charge in [-0.2, -0.15) is 5.10 Å². The summed E-state index contributed by atoms with van der Waals surface area (Å²) < 4.78 is 31.0. The Hall–Kier alpha value is -3.17. The highest BCUT2D eigenvalue weighted by molar-refractivity contribution is 7.91. The first-order chi connectivity index (χ1) is 16.9. The van der Waals surface area contributed by atoms with Gasteiger partial charge in [0, 0.05) is 44.0 Å². The van der Waals surface area contributed by atoms with Crippen molar-refractivity contribution in [3.63, 3.8) is 0 Å². The van der Waals surface area contributed by atoms with Gasteiger partial charge in [-0.3, -0.25) is 14.4 Å². The van der Waals surface area contributed by atoms with Crippen LogP contribution in [0.5, 0.6) is 5.75 Å². The normalized spacial score (nSPS) is 20.1. The van der Waals surface area contributed by atoms with Crippen molar-refractivity contribution in [2.45, 2.75) is 19.0 Å². The number of nitrogens with zero attached hydrogens (tertiary/aromatic N) is 4. The zero-order chi connectivity index (χ0) is 24.4. The maximum atomic E-state index is 13.7. The Balaban J connectivity index is 1.38. The first-order valence-electron chi connectivity index (χ1n) is 11.9. The van der Waals surface area contributed by atoms with Crippen molar-refractivity contribution in [1.82, 2.24) is 19.6 Å². The molecule has 0 spiro atoms. The second kappa shape index (κ2) is 9.83. The number of sulfone groups is 1. The van der Waals surface area contributed by atoms with Gasteiger partial charge in [-0.1, -0.05) is 42.5 Å². The van der Waals surface area contributed by atoms with Gasteiger partial charge in [0.1, 0.15) is 11.4 Å². The number of carbonyl (C=O) groups excluding carboxylic acids is 1. The molecule has 2 aliphatic rings. The molecule has 0 aliphatic carbocycles. The molecule has 0 N–H and O–H groups in total. The summed E-state index contributed by atoms with van der Waals surface area (Å²) in [5.41, 5.74) is 3.13. The van der Waals surface area contributed by atoms with Crippen LogP contribution in [0.1, 0.15) is 22.3 Å². The summed E-state index contributed by atoms with van der Waals surface area (Å²) in [5, 5.41) is 4.80. The molecule has 35 heavy (non-hydrogen) atoms. The number of ether oxygens (including phenoxy) is 1. The van der Waals surface area contributed by atoms with Crippen LogP contribution in [0.15, 0.2) is 60.8 Å².